The highest BCUT2D eigenvalue weighted by Gasteiger charge is 2.22. The summed E-state index contributed by atoms with van der Waals surface area (Å²) >= 11 is 1.75. The summed E-state index contributed by atoms with van der Waals surface area (Å²) in [7, 11) is 0. The Morgan fingerprint density at radius 1 is 1.63 bits per heavy atom. The summed E-state index contributed by atoms with van der Waals surface area (Å²) < 4.78 is 13.3. The molecular formula is C14H18FNO2S. The Hall–Kier alpha value is -1.07. The highest BCUT2D eigenvalue weighted by atomic mass is 32.2. The lowest BCUT2D eigenvalue weighted by atomic mass is 10.0. The van der Waals surface area contributed by atoms with E-state index in [4.69, 9.17) is 5.11 Å². The zero-order valence-corrected chi connectivity index (χ0v) is 11.7. The molecule has 2 N–H and O–H groups in total. The number of benzene rings is 1. The van der Waals surface area contributed by atoms with Crippen molar-refractivity contribution in [1.29, 1.82) is 0 Å². The van der Waals surface area contributed by atoms with Crippen molar-refractivity contribution < 1.29 is 14.3 Å². The zero-order valence-electron chi connectivity index (χ0n) is 10.9. The molecule has 19 heavy (non-hydrogen) atoms. The fourth-order valence-corrected chi connectivity index (χ4v) is 3.41. The van der Waals surface area contributed by atoms with E-state index in [0.717, 1.165) is 22.6 Å². The van der Waals surface area contributed by atoms with Crippen LogP contribution in [-0.2, 0) is 4.79 Å². The summed E-state index contributed by atoms with van der Waals surface area (Å²) in [5.74, 6) is 0.00706. The van der Waals surface area contributed by atoms with Crippen LogP contribution in [0.5, 0.6) is 0 Å². The number of halogens is 1. The first-order valence-electron chi connectivity index (χ1n) is 6.46. The van der Waals surface area contributed by atoms with Gasteiger partial charge < -0.3 is 10.4 Å². The van der Waals surface area contributed by atoms with Crippen LogP contribution in [0.25, 0.3) is 0 Å². The van der Waals surface area contributed by atoms with Crippen LogP contribution in [0.15, 0.2) is 23.1 Å². The van der Waals surface area contributed by atoms with Gasteiger partial charge in [0.05, 0.1) is 0 Å². The Bertz CT molecular complexity index is 467. The smallest absolute Gasteiger partial charge is 0.303 e. The fraction of sp³-hybridized carbons (Fsp3) is 0.500. The van der Waals surface area contributed by atoms with Gasteiger partial charge in [0.1, 0.15) is 5.82 Å². The van der Waals surface area contributed by atoms with Crippen LogP contribution in [-0.4, -0.2) is 22.9 Å². The normalized spacial score (nSPS) is 19.8. The van der Waals surface area contributed by atoms with Crippen molar-refractivity contribution in [2.45, 2.75) is 43.2 Å². The lowest BCUT2D eigenvalue weighted by molar-refractivity contribution is -0.137. The Balaban J connectivity index is 2.02. The Kier molecular flexibility index (Phi) is 4.82. The minimum atomic E-state index is -0.778. The van der Waals surface area contributed by atoms with Crippen LogP contribution in [0.1, 0.15) is 37.8 Å². The van der Waals surface area contributed by atoms with Gasteiger partial charge in [-0.05, 0) is 49.3 Å². The largest absolute Gasteiger partial charge is 0.481 e. The molecule has 0 spiro atoms. The van der Waals surface area contributed by atoms with E-state index in [1.54, 1.807) is 17.8 Å². The van der Waals surface area contributed by atoms with Crippen LogP contribution in [0.4, 0.5) is 4.39 Å². The summed E-state index contributed by atoms with van der Waals surface area (Å²) in [6.07, 6.45) is 1.69. The number of fused-ring (bicyclic) bond motifs is 1. The van der Waals surface area contributed by atoms with Gasteiger partial charge in [0, 0.05) is 23.4 Å². The van der Waals surface area contributed by atoms with Crippen molar-refractivity contribution in [3.8, 4) is 0 Å². The minimum absolute atomic E-state index is 0.111. The monoisotopic (exact) mass is 283 g/mol. The number of carbonyl (C=O) groups is 1. The second-order valence-corrected chi connectivity index (χ2v) is 6.01. The number of carboxylic acids is 1. The zero-order chi connectivity index (χ0) is 13.8. The van der Waals surface area contributed by atoms with Crippen molar-refractivity contribution in [1.82, 2.24) is 5.32 Å². The maximum absolute atomic E-state index is 13.3. The number of nitrogens with one attached hydrogen (secondary N) is 1. The SMILES string of the molecule is CC(CCC(=O)O)NC1CCSc2ccc(F)cc21. The van der Waals surface area contributed by atoms with E-state index in [0.29, 0.717) is 6.42 Å². The first kappa shape index (κ1) is 14.3. The second-order valence-electron chi connectivity index (χ2n) is 4.87. The lowest BCUT2D eigenvalue weighted by Gasteiger charge is -2.28. The van der Waals surface area contributed by atoms with Gasteiger partial charge in [0.2, 0.25) is 0 Å². The molecule has 0 bridgehead atoms. The third-order valence-corrected chi connectivity index (χ3v) is 4.41. The number of thioether (sulfide) groups is 1. The van der Waals surface area contributed by atoms with E-state index in [2.05, 4.69) is 5.32 Å². The van der Waals surface area contributed by atoms with Crippen molar-refractivity contribution >= 4 is 17.7 Å². The van der Waals surface area contributed by atoms with Gasteiger partial charge in [-0.1, -0.05) is 0 Å². The van der Waals surface area contributed by atoms with Crippen LogP contribution >= 0.6 is 11.8 Å². The molecule has 2 unspecified atom stereocenters. The van der Waals surface area contributed by atoms with Gasteiger partial charge in [-0.25, -0.2) is 4.39 Å². The number of hydrogen-bond donors (Lipinski definition) is 2. The molecule has 0 amide bonds. The van der Waals surface area contributed by atoms with Crippen LogP contribution in [0.2, 0.25) is 0 Å². The summed E-state index contributed by atoms with van der Waals surface area (Å²) in [4.78, 5) is 11.7. The molecule has 2 rings (SSSR count). The highest BCUT2D eigenvalue weighted by Crippen LogP contribution is 2.36. The van der Waals surface area contributed by atoms with Crippen LogP contribution in [0.3, 0.4) is 0 Å². The molecule has 104 valence electrons. The summed E-state index contributed by atoms with van der Waals surface area (Å²) in [6.45, 7) is 1.98. The molecule has 0 fully saturated rings. The molecule has 1 aromatic carbocycles. The Morgan fingerprint density at radius 2 is 2.42 bits per heavy atom. The molecule has 0 saturated carbocycles. The quantitative estimate of drug-likeness (QED) is 0.871. The van der Waals surface area contributed by atoms with E-state index in [9.17, 15) is 9.18 Å². The number of hydrogen-bond acceptors (Lipinski definition) is 3. The molecule has 1 aliphatic heterocycles. The standard InChI is InChI=1S/C14H18FNO2S/c1-9(2-5-14(17)18)16-12-6-7-19-13-4-3-10(15)8-11(12)13/h3-4,8-9,12,16H,2,5-7H2,1H3,(H,17,18). The molecular weight excluding hydrogens is 265 g/mol. The lowest BCUT2D eigenvalue weighted by Crippen LogP contribution is -2.33. The predicted octanol–water partition coefficient (Wildman–Crippen LogP) is 3.21. The molecule has 1 heterocycles. The summed E-state index contributed by atoms with van der Waals surface area (Å²) in [6, 6.07) is 5.13. The summed E-state index contributed by atoms with van der Waals surface area (Å²) in [5.41, 5.74) is 0.999. The number of aliphatic carboxylic acids is 1. The van der Waals surface area contributed by atoms with Crippen molar-refractivity contribution in [3.63, 3.8) is 0 Å². The van der Waals surface area contributed by atoms with Gasteiger partial charge in [-0.3, -0.25) is 4.79 Å². The molecule has 0 aliphatic carbocycles. The molecule has 0 aromatic heterocycles. The Morgan fingerprint density at radius 3 is 3.16 bits per heavy atom. The van der Waals surface area contributed by atoms with Gasteiger partial charge in [0.15, 0.2) is 0 Å². The maximum Gasteiger partial charge on any atom is 0.303 e. The van der Waals surface area contributed by atoms with Crippen molar-refractivity contribution in [3.05, 3.63) is 29.6 Å². The average molecular weight is 283 g/mol. The molecule has 0 radical (unpaired) electrons. The minimum Gasteiger partial charge on any atom is -0.481 e. The third-order valence-electron chi connectivity index (χ3n) is 3.29. The molecule has 1 aliphatic rings. The third kappa shape index (κ3) is 3.94. The number of carboxylic acid groups (broad SMARTS) is 1. The average Bonchev–Trinajstić information content (AvgIpc) is 2.37. The first-order chi connectivity index (χ1) is 9.06. The molecule has 0 saturated heterocycles. The number of rotatable bonds is 5. The van der Waals surface area contributed by atoms with Gasteiger partial charge >= 0.3 is 5.97 Å². The maximum atomic E-state index is 13.3. The predicted molar refractivity (Wildman–Crippen MR) is 73.9 cm³/mol. The van der Waals surface area contributed by atoms with Crippen LogP contribution < -0.4 is 5.32 Å². The van der Waals surface area contributed by atoms with E-state index in [-0.39, 0.29) is 24.3 Å². The first-order valence-corrected chi connectivity index (χ1v) is 7.45. The van der Waals surface area contributed by atoms with Gasteiger partial charge in [0.25, 0.3) is 0 Å². The molecule has 3 nitrogen and oxygen atoms in total. The van der Waals surface area contributed by atoms with E-state index in [1.807, 2.05) is 13.0 Å². The van der Waals surface area contributed by atoms with Crippen LogP contribution in [0, 0.1) is 5.82 Å². The topological polar surface area (TPSA) is 49.3 Å². The fourth-order valence-electron chi connectivity index (χ4n) is 2.31. The molecule has 2 atom stereocenters. The van der Waals surface area contributed by atoms with E-state index >= 15 is 0 Å². The van der Waals surface area contributed by atoms with Crippen molar-refractivity contribution in [2.75, 3.05) is 5.75 Å². The second kappa shape index (κ2) is 6.39. The molecule has 1 aromatic rings. The van der Waals surface area contributed by atoms with Gasteiger partial charge in [-0.15, -0.1) is 11.8 Å². The van der Waals surface area contributed by atoms with Crippen molar-refractivity contribution in [2.24, 2.45) is 0 Å². The van der Waals surface area contributed by atoms with E-state index < -0.39 is 5.97 Å². The van der Waals surface area contributed by atoms with E-state index in [1.165, 1.54) is 6.07 Å². The van der Waals surface area contributed by atoms with Gasteiger partial charge in [-0.2, -0.15) is 0 Å². The molecule has 5 heteroatoms. The Labute approximate surface area is 116 Å². The summed E-state index contributed by atoms with van der Waals surface area (Å²) in [5, 5.41) is 12.1. The highest BCUT2D eigenvalue weighted by molar-refractivity contribution is 7.99.